The quantitative estimate of drug-likeness (QED) is 0.530. The number of likely N-dealkylation sites (N-methyl/N-ethyl adjacent to an activating group) is 1. The van der Waals surface area contributed by atoms with Crippen molar-refractivity contribution in [3.8, 4) is 0 Å². The molecule has 206 valence electrons. The number of piperidine rings is 1. The predicted molar refractivity (Wildman–Crippen MR) is 149 cm³/mol. The standard InChI is InChI=1S/C29H44N4O3.ClH/c1-7-32-26(35)29(33(20(2)3)27(32)36)13-15-31(16-14-29)25(24(34)17-28(4,5)6)23-19-30-18-22(23)21-11-9-8-10-12-21;/h8-12,20,22-23,25,30H,7,13-19H2,1-6H3;1H/t22-,23-,25?;/m1./s1. The molecule has 1 aromatic carbocycles. The van der Waals surface area contributed by atoms with Gasteiger partial charge in [-0.3, -0.25) is 19.4 Å². The number of rotatable bonds is 7. The molecule has 1 unspecified atom stereocenters. The monoisotopic (exact) mass is 532 g/mol. The van der Waals surface area contributed by atoms with E-state index in [0.29, 0.717) is 38.9 Å². The Hall–Kier alpha value is -1.96. The average molecular weight is 533 g/mol. The first-order valence-electron chi connectivity index (χ1n) is 13.7. The number of likely N-dealkylation sites (tertiary alicyclic amines) is 1. The Morgan fingerprint density at radius 2 is 1.70 bits per heavy atom. The van der Waals surface area contributed by atoms with Crippen LogP contribution in [0.25, 0.3) is 0 Å². The molecule has 3 saturated heterocycles. The molecule has 3 aliphatic heterocycles. The molecular weight excluding hydrogens is 488 g/mol. The van der Waals surface area contributed by atoms with Crippen LogP contribution in [0.3, 0.4) is 0 Å². The lowest BCUT2D eigenvalue weighted by molar-refractivity contribution is -0.138. The molecule has 8 heteroatoms. The van der Waals surface area contributed by atoms with Crippen molar-refractivity contribution < 1.29 is 14.4 Å². The minimum absolute atomic E-state index is 0. The summed E-state index contributed by atoms with van der Waals surface area (Å²) < 4.78 is 0. The zero-order valence-corrected chi connectivity index (χ0v) is 24.1. The van der Waals surface area contributed by atoms with Gasteiger partial charge in [-0.2, -0.15) is 0 Å². The third kappa shape index (κ3) is 5.59. The number of nitrogens with one attached hydrogen (secondary N) is 1. The molecule has 3 heterocycles. The molecule has 3 amide bonds. The van der Waals surface area contributed by atoms with E-state index in [2.05, 4.69) is 55.3 Å². The molecule has 1 N–H and O–H groups in total. The van der Waals surface area contributed by atoms with Crippen molar-refractivity contribution in [2.24, 2.45) is 11.3 Å². The maximum atomic E-state index is 13.9. The van der Waals surface area contributed by atoms with E-state index in [1.807, 2.05) is 31.7 Å². The highest BCUT2D eigenvalue weighted by Gasteiger charge is 2.59. The fraction of sp³-hybridized carbons (Fsp3) is 0.690. The Labute approximate surface area is 228 Å². The minimum Gasteiger partial charge on any atom is -0.316 e. The zero-order valence-electron chi connectivity index (χ0n) is 23.3. The Bertz CT molecular complexity index is 969. The van der Waals surface area contributed by atoms with Gasteiger partial charge in [0.1, 0.15) is 5.54 Å². The van der Waals surface area contributed by atoms with Crippen molar-refractivity contribution in [2.75, 3.05) is 32.7 Å². The number of nitrogens with zero attached hydrogens (tertiary/aromatic N) is 3. The van der Waals surface area contributed by atoms with E-state index in [-0.39, 0.29) is 59.5 Å². The zero-order chi connectivity index (χ0) is 26.3. The van der Waals surface area contributed by atoms with Crippen molar-refractivity contribution in [3.63, 3.8) is 0 Å². The second-order valence-electron chi connectivity index (χ2n) is 12.4. The fourth-order valence-corrected chi connectivity index (χ4v) is 6.81. The molecule has 0 saturated carbocycles. The SMILES string of the molecule is CCN1C(=O)N(C(C)C)C2(CCN(C(C(=O)CC(C)(C)C)[C@@H]3CNC[C@@H]3c3ccccc3)CC2)C1=O.Cl. The lowest BCUT2D eigenvalue weighted by Crippen LogP contribution is -2.61. The topological polar surface area (TPSA) is 73.0 Å². The summed E-state index contributed by atoms with van der Waals surface area (Å²) in [6.07, 6.45) is 1.67. The normalized spacial score (nSPS) is 25.2. The number of halogens is 1. The van der Waals surface area contributed by atoms with Crippen LogP contribution in [-0.2, 0) is 9.59 Å². The Morgan fingerprint density at radius 1 is 1.08 bits per heavy atom. The van der Waals surface area contributed by atoms with Gasteiger partial charge in [0.25, 0.3) is 5.91 Å². The second-order valence-corrected chi connectivity index (χ2v) is 12.4. The number of carbonyl (C=O) groups excluding carboxylic acids is 3. The molecule has 0 aliphatic carbocycles. The summed E-state index contributed by atoms with van der Waals surface area (Å²) in [5.41, 5.74) is 0.392. The van der Waals surface area contributed by atoms with Crippen molar-refractivity contribution >= 4 is 30.1 Å². The number of hydrogen-bond acceptors (Lipinski definition) is 5. The van der Waals surface area contributed by atoms with Gasteiger partial charge in [-0.1, -0.05) is 51.1 Å². The van der Waals surface area contributed by atoms with Gasteiger partial charge in [-0.15, -0.1) is 12.4 Å². The number of amides is 3. The molecule has 1 spiro atoms. The van der Waals surface area contributed by atoms with Crippen molar-refractivity contribution in [2.45, 2.75) is 84.3 Å². The van der Waals surface area contributed by atoms with E-state index in [1.54, 1.807) is 0 Å². The number of carbonyl (C=O) groups is 3. The van der Waals surface area contributed by atoms with E-state index in [1.165, 1.54) is 10.5 Å². The molecule has 1 aromatic rings. The summed E-state index contributed by atoms with van der Waals surface area (Å²) in [7, 11) is 0. The molecule has 3 fully saturated rings. The lowest BCUT2D eigenvalue weighted by atomic mass is 9.76. The van der Waals surface area contributed by atoms with Gasteiger partial charge >= 0.3 is 6.03 Å². The van der Waals surface area contributed by atoms with Crippen molar-refractivity contribution in [3.05, 3.63) is 35.9 Å². The Balaban J connectivity index is 0.00000380. The van der Waals surface area contributed by atoms with E-state index >= 15 is 0 Å². The maximum absolute atomic E-state index is 13.9. The number of imide groups is 1. The summed E-state index contributed by atoms with van der Waals surface area (Å²) >= 11 is 0. The van der Waals surface area contributed by atoms with Gasteiger partial charge in [-0.05, 0) is 44.6 Å². The van der Waals surface area contributed by atoms with E-state index in [0.717, 1.165) is 13.1 Å². The number of urea groups is 1. The summed E-state index contributed by atoms with van der Waals surface area (Å²) in [4.78, 5) is 46.1. The van der Waals surface area contributed by atoms with E-state index in [4.69, 9.17) is 0 Å². The van der Waals surface area contributed by atoms with Crippen LogP contribution in [0.2, 0.25) is 0 Å². The van der Waals surface area contributed by atoms with Gasteiger partial charge in [0, 0.05) is 57.0 Å². The first kappa shape index (κ1) is 29.6. The summed E-state index contributed by atoms with van der Waals surface area (Å²) in [5, 5.41) is 3.56. The molecule has 3 aliphatic rings. The molecule has 7 nitrogen and oxygen atoms in total. The average Bonchev–Trinajstić information content (AvgIpc) is 3.36. The third-order valence-electron chi connectivity index (χ3n) is 8.32. The molecule has 0 aromatic heterocycles. The Kier molecular flexibility index (Phi) is 9.14. The van der Waals surface area contributed by atoms with Crippen LogP contribution in [-0.4, -0.2) is 82.8 Å². The van der Waals surface area contributed by atoms with Crippen molar-refractivity contribution in [1.29, 1.82) is 0 Å². The first-order chi connectivity index (χ1) is 17.0. The first-order valence-corrected chi connectivity index (χ1v) is 13.7. The summed E-state index contributed by atoms with van der Waals surface area (Å²) in [5.74, 6) is 0.669. The minimum atomic E-state index is -0.790. The van der Waals surface area contributed by atoms with Gasteiger partial charge < -0.3 is 10.2 Å². The highest BCUT2D eigenvalue weighted by Crippen LogP contribution is 2.41. The lowest BCUT2D eigenvalue weighted by Gasteiger charge is -2.47. The smallest absolute Gasteiger partial charge is 0.316 e. The van der Waals surface area contributed by atoms with Gasteiger partial charge in [0.2, 0.25) is 0 Å². The molecule has 3 atom stereocenters. The van der Waals surface area contributed by atoms with Gasteiger partial charge in [0.05, 0.1) is 6.04 Å². The highest BCUT2D eigenvalue weighted by atomic mass is 35.5. The van der Waals surface area contributed by atoms with Crippen LogP contribution in [0.1, 0.15) is 72.3 Å². The van der Waals surface area contributed by atoms with Crippen LogP contribution >= 0.6 is 12.4 Å². The highest BCUT2D eigenvalue weighted by molar-refractivity contribution is 6.07. The Morgan fingerprint density at radius 3 is 2.24 bits per heavy atom. The maximum Gasteiger partial charge on any atom is 0.327 e. The van der Waals surface area contributed by atoms with Gasteiger partial charge in [0.15, 0.2) is 5.78 Å². The number of ketones is 1. The molecular formula is C29H45ClN4O3. The van der Waals surface area contributed by atoms with Crippen molar-refractivity contribution in [1.82, 2.24) is 20.0 Å². The van der Waals surface area contributed by atoms with E-state index in [9.17, 15) is 14.4 Å². The predicted octanol–water partition coefficient (Wildman–Crippen LogP) is 4.31. The van der Waals surface area contributed by atoms with Crippen LogP contribution in [0.4, 0.5) is 4.79 Å². The number of hydrogen-bond donors (Lipinski definition) is 1. The van der Waals surface area contributed by atoms with Crippen LogP contribution in [0.15, 0.2) is 30.3 Å². The van der Waals surface area contributed by atoms with Gasteiger partial charge in [-0.25, -0.2) is 4.79 Å². The molecule has 0 bridgehead atoms. The molecule has 37 heavy (non-hydrogen) atoms. The molecule has 4 rings (SSSR count). The summed E-state index contributed by atoms with van der Waals surface area (Å²) in [6.45, 7) is 15.5. The number of benzene rings is 1. The van der Waals surface area contributed by atoms with Crippen LogP contribution in [0, 0.1) is 11.3 Å². The third-order valence-corrected chi connectivity index (χ3v) is 8.32. The van der Waals surface area contributed by atoms with Crippen LogP contribution < -0.4 is 5.32 Å². The second kappa shape index (κ2) is 11.4. The van der Waals surface area contributed by atoms with Crippen LogP contribution in [0.5, 0.6) is 0 Å². The fourth-order valence-electron chi connectivity index (χ4n) is 6.81. The summed E-state index contributed by atoms with van der Waals surface area (Å²) in [6, 6.07) is 10.1. The number of Topliss-reactive ketones (excluding diaryl/α,β-unsaturated/α-hetero) is 1. The largest absolute Gasteiger partial charge is 0.327 e. The van der Waals surface area contributed by atoms with E-state index < -0.39 is 5.54 Å². The molecule has 0 radical (unpaired) electrons.